The van der Waals surface area contributed by atoms with E-state index in [9.17, 15) is 4.79 Å². The van der Waals surface area contributed by atoms with Crippen LogP contribution in [0.2, 0.25) is 0 Å². The minimum atomic E-state index is -0.00402. The van der Waals surface area contributed by atoms with Gasteiger partial charge in [0.2, 0.25) is 0 Å². The van der Waals surface area contributed by atoms with Crippen molar-refractivity contribution in [3.05, 3.63) is 83.0 Å². The van der Waals surface area contributed by atoms with Crippen LogP contribution >= 0.6 is 0 Å². The van der Waals surface area contributed by atoms with Crippen LogP contribution in [-0.2, 0) is 7.05 Å². The van der Waals surface area contributed by atoms with Gasteiger partial charge in [0, 0.05) is 30.2 Å². The zero-order chi connectivity index (χ0) is 16.7. The molecule has 0 aliphatic heterocycles. The lowest BCUT2D eigenvalue weighted by molar-refractivity contribution is 0.768. The summed E-state index contributed by atoms with van der Waals surface area (Å²) < 4.78 is 3.51. The Morgan fingerprint density at radius 3 is 2.50 bits per heavy atom. The van der Waals surface area contributed by atoms with Crippen molar-refractivity contribution in [2.45, 2.75) is 6.92 Å². The Hall–Kier alpha value is -3.14. The van der Waals surface area contributed by atoms with E-state index in [0.29, 0.717) is 0 Å². The predicted octanol–water partition coefficient (Wildman–Crippen LogP) is 3.70. The van der Waals surface area contributed by atoms with Crippen LogP contribution in [0.4, 0.5) is 0 Å². The molecule has 0 bridgehead atoms. The van der Waals surface area contributed by atoms with E-state index in [-0.39, 0.29) is 5.56 Å². The highest BCUT2D eigenvalue weighted by Gasteiger charge is 2.13. The SMILES string of the molecule is Cc1cc2cccc(-c3cnn(C)c3)c2c(=O)n1-c1ccccc1. The lowest BCUT2D eigenvalue weighted by Gasteiger charge is -2.13. The second kappa shape index (κ2) is 5.49. The van der Waals surface area contributed by atoms with Gasteiger partial charge in [0.15, 0.2) is 0 Å². The Bertz CT molecular complexity index is 1090. The Morgan fingerprint density at radius 1 is 1.00 bits per heavy atom. The highest BCUT2D eigenvalue weighted by atomic mass is 16.1. The van der Waals surface area contributed by atoms with Gasteiger partial charge < -0.3 is 0 Å². The number of hydrogen-bond donors (Lipinski definition) is 0. The van der Waals surface area contributed by atoms with Gasteiger partial charge in [-0.3, -0.25) is 14.0 Å². The quantitative estimate of drug-likeness (QED) is 0.566. The molecule has 0 spiro atoms. The van der Waals surface area contributed by atoms with Gasteiger partial charge in [-0.15, -0.1) is 0 Å². The number of aromatic nitrogens is 3. The first-order chi connectivity index (χ1) is 11.6. The second-order valence-corrected chi connectivity index (χ2v) is 5.93. The van der Waals surface area contributed by atoms with Gasteiger partial charge in [0.25, 0.3) is 5.56 Å². The molecule has 0 unspecified atom stereocenters. The number of hydrogen-bond acceptors (Lipinski definition) is 2. The summed E-state index contributed by atoms with van der Waals surface area (Å²) in [4.78, 5) is 13.3. The number of rotatable bonds is 2. The van der Waals surface area contributed by atoms with Crippen LogP contribution in [0.5, 0.6) is 0 Å². The third-order valence-electron chi connectivity index (χ3n) is 4.26. The molecule has 2 heterocycles. The number of para-hydroxylation sites is 1. The summed E-state index contributed by atoms with van der Waals surface area (Å²) in [7, 11) is 1.88. The van der Waals surface area contributed by atoms with Crippen LogP contribution < -0.4 is 5.56 Å². The molecule has 0 fully saturated rings. The molecule has 4 rings (SSSR count). The van der Waals surface area contributed by atoms with Crippen LogP contribution in [0.1, 0.15) is 5.69 Å². The van der Waals surface area contributed by atoms with E-state index in [4.69, 9.17) is 0 Å². The minimum Gasteiger partial charge on any atom is -0.281 e. The summed E-state index contributed by atoms with van der Waals surface area (Å²) in [6.07, 6.45) is 3.72. The third-order valence-corrected chi connectivity index (χ3v) is 4.26. The predicted molar refractivity (Wildman–Crippen MR) is 96.5 cm³/mol. The first-order valence-electron chi connectivity index (χ1n) is 7.85. The van der Waals surface area contributed by atoms with E-state index in [1.54, 1.807) is 15.4 Å². The van der Waals surface area contributed by atoms with Crippen molar-refractivity contribution in [1.29, 1.82) is 0 Å². The fourth-order valence-electron chi connectivity index (χ4n) is 3.19. The lowest BCUT2D eigenvalue weighted by Crippen LogP contribution is -2.21. The Morgan fingerprint density at radius 2 is 1.79 bits per heavy atom. The average Bonchev–Trinajstić information content (AvgIpc) is 3.01. The largest absolute Gasteiger partial charge is 0.281 e. The Balaban J connectivity index is 2.09. The second-order valence-electron chi connectivity index (χ2n) is 5.93. The molecule has 0 N–H and O–H groups in total. The zero-order valence-electron chi connectivity index (χ0n) is 13.6. The van der Waals surface area contributed by atoms with Gasteiger partial charge in [-0.05, 0) is 36.1 Å². The van der Waals surface area contributed by atoms with Crippen molar-refractivity contribution < 1.29 is 0 Å². The highest BCUT2D eigenvalue weighted by molar-refractivity contribution is 5.96. The monoisotopic (exact) mass is 315 g/mol. The van der Waals surface area contributed by atoms with Crippen LogP contribution in [0, 0.1) is 6.92 Å². The zero-order valence-corrected chi connectivity index (χ0v) is 13.6. The van der Waals surface area contributed by atoms with E-state index in [2.05, 4.69) is 11.2 Å². The first-order valence-corrected chi connectivity index (χ1v) is 7.85. The van der Waals surface area contributed by atoms with Crippen molar-refractivity contribution in [3.63, 3.8) is 0 Å². The van der Waals surface area contributed by atoms with Gasteiger partial charge >= 0.3 is 0 Å². The molecule has 0 amide bonds. The maximum atomic E-state index is 13.3. The number of benzene rings is 2. The van der Waals surface area contributed by atoms with E-state index < -0.39 is 0 Å². The number of fused-ring (bicyclic) bond motifs is 1. The van der Waals surface area contributed by atoms with Crippen LogP contribution in [0.3, 0.4) is 0 Å². The summed E-state index contributed by atoms with van der Waals surface area (Å²) in [6, 6.07) is 17.7. The molecule has 118 valence electrons. The Kier molecular flexibility index (Phi) is 3.31. The standard InChI is InChI=1S/C20H17N3O/c1-14-11-15-7-6-10-18(16-12-21-22(2)13-16)19(15)20(24)23(14)17-8-4-3-5-9-17/h3-13H,1-2H3. The molecule has 0 aliphatic rings. The minimum absolute atomic E-state index is 0.00402. The van der Waals surface area contributed by atoms with Gasteiger partial charge in [0.05, 0.1) is 11.6 Å². The van der Waals surface area contributed by atoms with Gasteiger partial charge in [0.1, 0.15) is 0 Å². The van der Waals surface area contributed by atoms with Gasteiger partial charge in [-0.1, -0.05) is 36.4 Å². The number of aryl methyl sites for hydroxylation is 2. The summed E-state index contributed by atoms with van der Waals surface area (Å²) >= 11 is 0. The molecule has 2 aromatic carbocycles. The molecule has 0 saturated heterocycles. The maximum Gasteiger partial charge on any atom is 0.263 e. The summed E-state index contributed by atoms with van der Waals surface area (Å²) in [6.45, 7) is 1.96. The number of nitrogens with zero attached hydrogens (tertiary/aromatic N) is 3. The maximum absolute atomic E-state index is 13.3. The molecule has 4 aromatic rings. The summed E-state index contributed by atoms with van der Waals surface area (Å²) in [5.41, 5.74) is 3.65. The summed E-state index contributed by atoms with van der Waals surface area (Å²) in [5.74, 6) is 0. The molecule has 24 heavy (non-hydrogen) atoms. The Labute approximate surface area is 139 Å². The first kappa shape index (κ1) is 14.5. The summed E-state index contributed by atoms with van der Waals surface area (Å²) in [5, 5.41) is 5.91. The molecular weight excluding hydrogens is 298 g/mol. The highest BCUT2D eigenvalue weighted by Crippen LogP contribution is 2.27. The molecule has 0 aliphatic carbocycles. The topological polar surface area (TPSA) is 39.8 Å². The van der Waals surface area contributed by atoms with Crippen LogP contribution in [0.25, 0.3) is 27.6 Å². The van der Waals surface area contributed by atoms with Crippen molar-refractivity contribution in [1.82, 2.24) is 14.3 Å². The van der Waals surface area contributed by atoms with E-state index >= 15 is 0 Å². The third kappa shape index (κ3) is 2.24. The molecule has 0 atom stereocenters. The van der Waals surface area contributed by atoms with E-state index in [1.807, 2.05) is 68.7 Å². The van der Waals surface area contributed by atoms with E-state index in [0.717, 1.165) is 33.3 Å². The van der Waals surface area contributed by atoms with Crippen LogP contribution in [-0.4, -0.2) is 14.3 Å². The smallest absolute Gasteiger partial charge is 0.263 e. The molecule has 4 nitrogen and oxygen atoms in total. The van der Waals surface area contributed by atoms with Crippen molar-refractivity contribution >= 4 is 10.8 Å². The van der Waals surface area contributed by atoms with Crippen molar-refractivity contribution in [3.8, 4) is 16.8 Å². The normalized spacial score (nSPS) is 11.1. The van der Waals surface area contributed by atoms with Crippen molar-refractivity contribution in [2.24, 2.45) is 7.05 Å². The average molecular weight is 315 g/mol. The van der Waals surface area contributed by atoms with E-state index in [1.165, 1.54) is 0 Å². The molecule has 0 saturated carbocycles. The van der Waals surface area contributed by atoms with Gasteiger partial charge in [-0.2, -0.15) is 5.10 Å². The fourth-order valence-corrected chi connectivity index (χ4v) is 3.19. The van der Waals surface area contributed by atoms with Crippen LogP contribution in [0.15, 0.2) is 71.8 Å². The van der Waals surface area contributed by atoms with Gasteiger partial charge in [-0.25, -0.2) is 0 Å². The molecule has 0 radical (unpaired) electrons. The van der Waals surface area contributed by atoms with Crippen molar-refractivity contribution in [2.75, 3.05) is 0 Å². The molecular formula is C20H17N3O. The molecule has 2 aromatic heterocycles. The lowest BCUT2D eigenvalue weighted by atomic mass is 10.0. The number of pyridine rings is 1. The fraction of sp³-hybridized carbons (Fsp3) is 0.100. The molecule has 4 heteroatoms.